The van der Waals surface area contributed by atoms with Gasteiger partial charge in [-0.2, -0.15) is 0 Å². The van der Waals surface area contributed by atoms with Crippen molar-refractivity contribution in [1.29, 1.82) is 0 Å². The SMILES string of the molecule is C.Cc1cccc(Cl)c1C(=O)NC(Cc1ccc(NC(=O)c2c(Cl)cccc2Cl)cc1)C(=O)OCCN1CCOCC1. The van der Waals surface area contributed by atoms with Crippen LogP contribution in [0.4, 0.5) is 5.69 Å². The minimum atomic E-state index is -0.967. The molecule has 1 heterocycles. The van der Waals surface area contributed by atoms with E-state index in [9.17, 15) is 14.4 Å². The predicted octanol–water partition coefficient (Wildman–Crippen LogP) is 6.06. The van der Waals surface area contributed by atoms with Crippen LogP contribution in [0, 0.1) is 6.92 Å². The topological polar surface area (TPSA) is 97.0 Å². The molecule has 3 aromatic carbocycles. The summed E-state index contributed by atoms with van der Waals surface area (Å²) in [5.74, 6) is -1.47. The van der Waals surface area contributed by atoms with Crippen LogP contribution in [-0.4, -0.2) is 68.2 Å². The second kappa shape index (κ2) is 15.9. The standard InChI is InChI=1S/C30H30Cl3N3O5.CH4/c1-19-4-2-5-22(31)26(19)28(37)35-25(30(39)41-17-14-36-12-15-40-16-13-36)18-20-8-10-21(11-9-20)34-29(38)27-23(32)6-3-7-24(27)33;/h2-11,25H,12-18H2,1H3,(H,34,38)(H,35,37);1H4. The van der Waals surface area contributed by atoms with Crippen LogP contribution in [0.3, 0.4) is 0 Å². The highest BCUT2D eigenvalue weighted by atomic mass is 35.5. The number of esters is 1. The zero-order chi connectivity index (χ0) is 29.4. The Kier molecular flexibility index (Phi) is 12.6. The van der Waals surface area contributed by atoms with E-state index in [4.69, 9.17) is 44.3 Å². The van der Waals surface area contributed by atoms with E-state index in [1.807, 2.05) is 0 Å². The number of anilines is 1. The molecule has 0 bridgehead atoms. The number of benzene rings is 3. The van der Waals surface area contributed by atoms with Crippen molar-refractivity contribution in [2.24, 2.45) is 0 Å². The molecule has 1 aliphatic heterocycles. The lowest BCUT2D eigenvalue weighted by molar-refractivity contribution is -0.146. The van der Waals surface area contributed by atoms with Crippen molar-refractivity contribution in [3.63, 3.8) is 0 Å². The van der Waals surface area contributed by atoms with Gasteiger partial charge in [0.1, 0.15) is 12.6 Å². The molecule has 0 spiro atoms. The summed E-state index contributed by atoms with van der Waals surface area (Å²) >= 11 is 18.6. The summed E-state index contributed by atoms with van der Waals surface area (Å²) in [5.41, 5.74) is 2.42. The minimum Gasteiger partial charge on any atom is -0.463 e. The summed E-state index contributed by atoms with van der Waals surface area (Å²) in [7, 11) is 0. The zero-order valence-electron chi connectivity index (χ0n) is 22.4. The number of amides is 2. The second-order valence-electron chi connectivity index (χ2n) is 9.53. The molecule has 0 saturated carbocycles. The number of morpholine rings is 1. The number of hydrogen-bond acceptors (Lipinski definition) is 6. The molecule has 0 aromatic heterocycles. The number of hydrogen-bond donors (Lipinski definition) is 2. The van der Waals surface area contributed by atoms with Crippen molar-refractivity contribution in [3.05, 3.63) is 98.0 Å². The molecule has 0 aliphatic carbocycles. The number of carbonyl (C=O) groups is 3. The van der Waals surface area contributed by atoms with Crippen LogP contribution in [0.15, 0.2) is 60.7 Å². The van der Waals surface area contributed by atoms with Crippen molar-refractivity contribution >= 4 is 58.3 Å². The highest BCUT2D eigenvalue weighted by Crippen LogP contribution is 2.25. The summed E-state index contributed by atoms with van der Waals surface area (Å²) in [4.78, 5) is 41.2. The third-order valence-corrected chi connectivity index (χ3v) is 7.58. The molecule has 1 unspecified atom stereocenters. The molecule has 8 nitrogen and oxygen atoms in total. The lowest BCUT2D eigenvalue weighted by Crippen LogP contribution is -2.45. The molecule has 1 fully saturated rings. The fraction of sp³-hybridized carbons (Fsp3) is 0.323. The van der Waals surface area contributed by atoms with Gasteiger partial charge < -0.3 is 20.1 Å². The normalized spacial score (nSPS) is 13.9. The molecule has 1 aliphatic rings. The molecule has 224 valence electrons. The Hall–Kier alpha value is -3.14. The van der Waals surface area contributed by atoms with Crippen LogP contribution < -0.4 is 10.6 Å². The number of carbonyl (C=O) groups excluding carboxylic acids is 3. The van der Waals surface area contributed by atoms with Crippen LogP contribution in [0.25, 0.3) is 0 Å². The van der Waals surface area contributed by atoms with Gasteiger partial charge in [0, 0.05) is 31.7 Å². The molecule has 1 saturated heterocycles. The number of nitrogens with one attached hydrogen (secondary N) is 2. The van der Waals surface area contributed by atoms with Gasteiger partial charge in [0.2, 0.25) is 0 Å². The van der Waals surface area contributed by atoms with Crippen molar-refractivity contribution < 1.29 is 23.9 Å². The number of rotatable bonds is 10. The molecule has 4 rings (SSSR count). The molecule has 0 radical (unpaired) electrons. The van der Waals surface area contributed by atoms with Crippen LogP contribution >= 0.6 is 34.8 Å². The number of halogens is 3. The van der Waals surface area contributed by atoms with Gasteiger partial charge in [0.25, 0.3) is 11.8 Å². The van der Waals surface area contributed by atoms with Gasteiger partial charge in [-0.25, -0.2) is 4.79 Å². The molecule has 2 amide bonds. The first kappa shape index (κ1) is 33.4. The largest absolute Gasteiger partial charge is 0.463 e. The molecule has 2 N–H and O–H groups in total. The monoisotopic (exact) mass is 633 g/mol. The van der Waals surface area contributed by atoms with E-state index < -0.39 is 23.8 Å². The zero-order valence-corrected chi connectivity index (χ0v) is 24.7. The first-order chi connectivity index (χ1) is 19.7. The van der Waals surface area contributed by atoms with Gasteiger partial charge in [-0.15, -0.1) is 0 Å². The van der Waals surface area contributed by atoms with Gasteiger partial charge >= 0.3 is 5.97 Å². The fourth-order valence-corrected chi connectivity index (χ4v) is 5.29. The number of nitrogens with zero attached hydrogens (tertiary/aromatic N) is 1. The first-order valence-corrected chi connectivity index (χ1v) is 14.2. The van der Waals surface area contributed by atoms with E-state index >= 15 is 0 Å². The molecule has 42 heavy (non-hydrogen) atoms. The second-order valence-corrected chi connectivity index (χ2v) is 10.8. The van der Waals surface area contributed by atoms with Crippen molar-refractivity contribution in [3.8, 4) is 0 Å². The quantitative estimate of drug-likeness (QED) is 0.263. The third-order valence-electron chi connectivity index (χ3n) is 6.64. The van der Waals surface area contributed by atoms with Crippen molar-refractivity contribution in [2.45, 2.75) is 26.8 Å². The van der Waals surface area contributed by atoms with Crippen LogP contribution in [-0.2, 0) is 20.7 Å². The number of aryl methyl sites for hydroxylation is 1. The Balaban J connectivity index is 0.00000484. The van der Waals surface area contributed by atoms with Gasteiger partial charge in [-0.05, 0) is 48.4 Å². The summed E-state index contributed by atoms with van der Waals surface area (Å²) in [6.07, 6.45) is 0.163. The first-order valence-electron chi connectivity index (χ1n) is 13.1. The van der Waals surface area contributed by atoms with Crippen LogP contribution in [0.5, 0.6) is 0 Å². The van der Waals surface area contributed by atoms with Crippen molar-refractivity contribution in [2.75, 3.05) is 44.8 Å². The van der Waals surface area contributed by atoms with Gasteiger partial charge in [0.15, 0.2) is 0 Å². The van der Waals surface area contributed by atoms with Crippen LogP contribution in [0.1, 0.15) is 39.3 Å². The molecular formula is C31H34Cl3N3O5. The van der Waals surface area contributed by atoms with E-state index in [-0.39, 0.29) is 36.1 Å². The fourth-order valence-electron chi connectivity index (χ4n) is 4.41. The van der Waals surface area contributed by atoms with Gasteiger partial charge in [-0.3, -0.25) is 14.5 Å². The Morgan fingerprint density at radius 3 is 2.10 bits per heavy atom. The summed E-state index contributed by atoms with van der Waals surface area (Å²) in [6, 6.07) is 15.9. The van der Waals surface area contributed by atoms with Gasteiger partial charge in [-0.1, -0.05) is 72.6 Å². The van der Waals surface area contributed by atoms with E-state index in [0.29, 0.717) is 41.6 Å². The lowest BCUT2D eigenvalue weighted by atomic mass is 10.0. The molecular weight excluding hydrogens is 601 g/mol. The minimum absolute atomic E-state index is 0. The van der Waals surface area contributed by atoms with E-state index in [1.165, 1.54) is 0 Å². The maximum absolute atomic E-state index is 13.2. The van der Waals surface area contributed by atoms with E-state index in [2.05, 4.69) is 15.5 Å². The number of ether oxygens (including phenoxy) is 2. The summed E-state index contributed by atoms with van der Waals surface area (Å²) in [6.45, 7) is 5.37. The van der Waals surface area contributed by atoms with E-state index in [1.54, 1.807) is 67.6 Å². The maximum atomic E-state index is 13.2. The highest BCUT2D eigenvalue weighted by molar-refractivity contribution is 6.40. The van der Waals surface area contributed by atoms with Gasteiger partial charge in [0.05, 0.1) is 39.4 Å². The third kappa shape index (κ3) is 8.93. The Labute approximate surface area is 261 Å². The summed E-state index contributed by atoms with van der Waals surface area (Å²) < 4.78 is 10.9. The Morgan fingerprint density at radius 1 is 0.881 bits per heavy atom. The average Bonchev–Trinajstić information content (AvgIpc) is 2.94. The Bertz CT molecular complexity index is 1350. The smallest absolute Gasteiger partial charge is 0.329 e. The predicted molar refractivity (Wildman–Crippen MR) is 167 cm³/mol. The lowest BCUT2D eigenvalue weighted by Gasteiger charge is -2.26. The van der Waals surface area contributed by atoms with Crippen LogP contribution in [0.2, 0.25) is 15.1 Å². The highest BCUT2D eigenvalue weighted by Gasteiger charge is 2.26. The summed E-state index contributed by atoms with van der Waals surface area (Å²) in [5, 5.41) is 6.35. The molecule has 3 aromatic rings. The maximum Gasteiger partial charge on any atom is 0.329 e. The average molecular weight is 635 g/mol. The molecule has 1 atom stereocenters. The Morgan fingerprint density at radius 2 is 1.48 bits per heavy atom. The van der Waals surface area contributed by atoms with Crippen molar-refractivity contribution in [1.82, 2.24) is 10.2 Å². The van der Waals surface area contributed by atoms with E-state index in [0.717, 1.165) is 18.7 Å². The molecule has 11 heteroatoms.